The fourth-order valence-corrected chi connectivity index (χ4v) is 1.96. The lowest BCUT2D eigenvalue weighted by Gasteiger charge is -2.18. The molecule has 2 atom stereocenters. The third-order valence-corrected chi connectivity index (χ3v) is 2.67. The molecule has 1 aliphatic rings. The molecule has 14 heavy (non-hydrogen) atoms. The van der Waals surface area contributed by atoms with Gasteiger partial charge in [0.05, 0.1) is 12.6 Å². The highest BCUT2D eigenvalue weighted by molar-refractivity contribution is 5.82. The van der Waals surface area contributed by atoms with Crippen molar-refractivity contribution in [3.05, 3.63) is 0 Å². The zero-order chi connectivity index (χ0) is 10.6. The highest BCUT2D eigenvalue weighted by Crippen LogP contribution is 2.20. The van der Waals surface area contributed by atoms with Crippen LogP contribution in [0.15, 0.2) is 0 Å². The van der Waals surface area contributed by atoms with Crippen LogP contribution in [0, 0.1) is 5.92 Å². The van der Waals surface area contributed by atoms with Crippen molar-refractivity contribution < 1.29 is 9.53 Å². The largest absolute Gasteiger partial charge is 0.383 e. The first-order valence-corrected chi connectivity index (χ1v) is 5.12. The van der Waals surface area contributed by atoms with E-state index in [-0.39, 0.29) is 11.9 Å². The van der Waals surface area contributed by atoms with Crippen molar-refractivity contribution in [1.29, 1.82) is 0 Å². The fraction of sp³-hybridized carbons (Fsp3) is 0.900. The van der Waals surface area contributed by atoms with Crippen LogP contribution >= 0.6 is 0 Å². The van der Waals surface area contributed by atoms with Crippen LogP contribution in [-0.2, 0) is 9.53 Å². The van der Waals surface area contributed by atoms with Crippen molar-refractivity contribution >= 4 is 5.91 Å². The Morgan fingerprint density at radius 2 is 2.36 bits per heavy atom. The first-order valence-electron chi connectivity index (χ1n) is 5.12. The number of nitrogens with one attached hydrogen (secondary N) is 1. The predicted octanol–water partition coefficient (Wildman–Crippen LogP) is 0.0892. The van der Waals surface area contributed by atoms with Gasteiger partial charge < -0.3 is 10.1 Å². The molecular formula is C10H20N2O2. The van der Waals surface area contributed by atoms with E-state index in [1.807, 2.05) is 7.05 Å². The van der Waals surface area contributed by atoms with Crippen molar-refractivity contribution in [2.75, 3.05) is 33.9 Å². The summed E-state index contributed by atoms with van der Waals surface area (Å²) in [5.41, 5.74) is 0. The molecule has 1 N–H and O–H groups in total. The van der Waals surface area contributed by atoms with Crippen LogP contribution in [0.4, 0.5) is 0 Å². The Morgan fingerprint density at radius 3 is 2.86 bits per heavy atom. The number of ether oxygens (including phenoxy) is 1. The van der Waals surface area contributed by atoms with Gasteiger partial charge in [0, 0.05) is 20.2 Å². The fourth-order valence-electron chi connectivity index (χ4n) is 1.96. The van der Waals surface area contributed by atoms with Gasteiger partial charge in [0.2, 0.25) is 5.91 Å². The summed E-state index contributed by atoms with van der Waals surface area (Å²) < 4.78 is 4.87. The van der Waals surface area contributed by atoms with E-state index in [4.69, 9.17) is 4.74 Å². The number of likely N-dealkylation sites (tertiary alicyclic amines) is 1. The molecule has 82 valence electrons. The molecule has 4 nitrogen and oxygen atoms in total. The van der Waals surface area contributed by atoms with E-state index in [9.17, 15) is 4.79 Å². The van der Waals surface area contributed by atoms with E-state index in [2.05, 4.69) is 17.1 Å². The van der Waals surface area contributed by atoms with Gasteiger partial charge in [-0.2, -0.15) is 0 Å². The lowest BCUT2D eigenvalue weighted by molar-refractivity contribution is -0.125. The van der Waals surface area contributed by atoms with Crippen molar-refractivity contribution in [3.8, 4) is 0 Å². The van der Waals surface area contributed by atoms with E-state index in [1.54, 1.807) is 7.11 Å². The molecule has 0 aromatic rings. The number of likely N-dealkylation sites (N-methyl/N-ethyl adjacent to an activating group) is 1. The van der Waals surface area contributed by atoms with Crippen LogP contribution in [0.1, 0.15) is 13.3 Å². The number of carbonyl (C=O) groups is 1. The SMILES string of the molecule is COCCNC(=O)[C@@H]1CC(C)CN1C. The number of rotatable bonds is 4. The number of hydrogen-bond donors (Lipinski definition) is 1. The molecular weight excluding hydrogens is 180 g/mol. The molecule has 1 amide bonds. The summed E-state index contributed by atoms with van der Waals surface area (Å²) in [7, 11) is 3.64. The van der Waals surface area contributed by atoms with Crippen LogP contribution in [0.25, 0.3) is 0 Å². The van der Waals surface area contributed by atoms with Crippen LogP contribution in [-0.4, -0.2) is 50.7 Å². The maximum absolute atomic E-state index is 11.7. The molecule has 1 rings (SSSR count). The van der Waals surface area contributed by atoms with E-state index in [1.165, 1.54) is 0 Å². The highest BCUT2D eigenvalue weighted by atomic mass is 16.5. The van der Waals surface area contributed by atoms with Gasteiger partial charge in [0.1, 0.15) is 0 Å². The molecule has 0 aliphatic carbocycles. The van der Waals surface area contributed by atoms with Gasteiger partial charge in [-0.3, -0.25) is 9.69 Å². The lowest BCUT2D eigenvalue weighted by Crippen LogP contribution is -2.42. The van der Waals surface area contributed by atoms with Crippen LogP contribution in [0.2, 0.25) is 0 Å². The highest BCUT2D eigenvalue weighted by Gasteiger charge is 2.31. The minimum atomic E-state index is 0.0573. The van der Waals surface area contributed by atoms with Gasteiger partial charge >= 0.3 is 0 Å². The van der Waals surface area contributed by atoms with Crippen LogP contribution in [0.5, 0.6) is 0 Å². The van der Waals surface area contributed by atoms with Crippen molar-refractivity contribution in [2.45, 2.75) is 19.4 Å². The Labute approximate surface area is 85.6 Å². The topological polar surface area (TPSA) is 41.6 Å². The normalized spacial score (nSPS) is 27.9. The molecule has 0 bridgehead atoms. The molecule has 0 saturated carbocycles. The number of amides is 1. The van der Waals surface area contributed by atoms with E-state index in [0.717, 1.165) is 13.0 Å². The standard InChI is InChI=1S/C10H20N2O2/c1-8-6-9(12(2)7-8)10(13)11-4-5-14-3/h8-9H,4-7H2,1-3H3,(H,11,13)/t8?,9-/m0/s1. The second kappa shape index (κ2) is 5.32. The first kappa shape index (κ1) is 11.5. The number of methoxy groups -OCH3 is 1. The Morgan fingerprint density at radius 1 is 1.64 bits per heavy atom. The van der Waals surface area contributed by atoms with Crippen LogP contribution in [0.3, 0.4) is 0 Å². The molecule has 4 heteroatoms. The number of hydrogen-bond acceptors (Lipinski definition) is 3. The summed E-state index contributed by atoms with van der Waals surface area (Å²) in [6, 6.07) is 0.0573. The smallest absolute Gasteiger partial charge is 0.237 e. The predicted molar refractivity (Wildman–Crippen MR) is 55.1 cm³/mol. The Balaban J connectivity index is 2.30. The van der Waals surface area contributed by atoms with Crippen molar-refractivity contribution in [3.63, 3.8) is 0 Å². The maximum atomic E-state index is 11.7. The van der Waals surface area contributed by atoms with Gasteiger partial charge in [-0.15, -0.1) is 0 Å². The van der Waals surface area contributed by atoms with Gasteiger partial charge in [0.25, 0.3) is 0 Å². The molecule has 1 aliphatic heterocycles. The average molecular weight is 200 g/mol. The summed E-state index contributed by atoms with van der Waals surface area (Å²) in [5.74, 6) is 0.757. The molecule has 0 spiro atoms. The van der Waals surface area contributed by atoms with E-state index < -0.39 is 0 Å². The Hall–Kier alpha value is -0.610. The molecule has 1 unspecified atom stereocenters. The molecule has 1 heterocycles. The van der Waals surface area contributed by atoms with Gasteiger partial charge in [-0.25, -0.2) is 0 Å². The minimum absolute atomic E-state index is 0.0573. The van der Waals surface area contributed by atoms with Crippen molar-refractivity contribution in [1.82, 2.24) is 10.2 Å². The quantitative estimate of drug-likeness (QED) is 0.654. The maximum Gasteiger partial charge on any atom is 0.237 e. The summed E-state index contributed by atoms with van der Waals surface area (Å²) >= 11 is 0. The number of carbonyl (C=O) groups excluding carboxylic acids is 1. The van der Waals surface area contributed by atoms with Crippen molar-refractivity contribution in [2.24, 2.45) is 5.92 Å². The molecule has 1 saturated heterocycles. The monoisotopic (exact) mass is 200 g/mol. The Bertz CT molecular complexity index is 197. The zero-order valence-corrected chi connectivity index (χ0v) is 9.25. The van der Waals surface area contributed by atoms with Gasteiger partial charge in [0.15, 0.2) is 0 Å². The summed E-state index contributed by atoms with van der Waals surface area (Å²) in [4.78, 5) is 13.8. The summed E-state index contributed by atoms with van der Waals surface area (Å²) in [6.45, 7) is 4.38. The van der Waals surface area contributed by atoms with Gasteiger partial charge in [-0.05, 0) is 19.4 Å². The van der Waals surface area contributed by atoms with E-state index >= 15 is 0 Å². The molecule has 1 fully saturated rings. The minimum Gasteiger partial charge on any atom is -0.383 e. The molecule has 0 radical (unpaired) electrons. The molecule has 0 aromatic heterocycles. The average Bonchev–Trinajstić information content (AvgIpc) is 2.45. The Kier molecular flexibility index (Phi) is 4.35. The molecule has 0 aromatic carbocycles. The summed E-state index contributed by atoms with van der Waals surface area (Å²) in [6.07, 6.45) is 0.968. The van der Waals surface area contributed by atoms with Crippen LogP contribution < -0.4 is 5.32 Å². The third kappa shape index (κ3) is 2.96. The number of nitrogens with zero attached hydrogens (tertiary/aromatic N) is 1. The second-order valence-corrected chi connectivity index (χ2v) is 4.08. The lowest BCUT2D eigenvalue weighted by atomic mass is 10.1. The second-order valence-electron chi connectivity index (χ2n) is 4.08. The third-order valence-electron chi connectivity index (χ3n) is 2.67. The van der Waals surface area contributed by atoms with Gasteiger partial charge in [-0.1, -0.05) is 6.92 Å². The van der Waals surface area contributed by atoms with E-state index in [0.29, 0.717) is 19.1 Å². The zero-order valence-electron chi connectivity index (χ0n) is 9.25. The summed E-state index contributed by atoms with van der Waals surface area (Å²) in [5, 5.41) is 2.87. The first-order chi connectivity index (χ1) is 6.65.